The summed E-state index contributed by atoms with van der Waals surface area (Å²) in [6, 6.07) is 0. The van der Waals surface area contributed by atoms with E-state index in [4.69, 9.17) is 0 Å². The molecule has 5 nitrogen and oxygen atoms in total. The maximum Gasteiger partial charge on any atom is 0.512 e. The molecule has 0 bridgehead atoms. The van der Waals surface area contributed by atoms with Crippen LogP contribution in [0.2, 0.25) is 0 Å². The molecule has 0 radical (unpaired) electrons. The summed E-state index contributed by atoms with van der Waals surface area (Å²) in [6.45, 7) is 3.19. The molecule has 0 aromatic rings. The summed E-state index contributed by atoms with van der Waals surface area (Å²) in [5.74, 6) is 0. The number of rotatable bonds is 6. The molecule has 1 unspecified atom stereocenters. The Balaban J connectivity index is 6.66. The Bertz CT molecular complexity index is 551. The standard InChI is InChI=1S/C9H15F6NO4S2/c1-4-6-7(3,5-2)16(21(17,18)8(10,11)12)22(19,20)9(13,14)15/h4-6H2,1-3H3. The molecule has 0 aliphatic carbocycles. The number of hydrogen-bond donors (Lipinski definition) is 0. The minimum absolute atomic E-state index is 0.0262. The van der Waals surface area contributed by atoms with E-state index in [0.717, 1.165) is 13.8 Å². The van der Waals surface area contributed by atoms with E-state index in [2.05, 4.69) is 0 Å². The summed E-state index contributed by atoms with van der Waals surface area (Å²) in [5, 5.41) is 0. The number of nitrogens with zero attached hydrogens (tertiary/aromatic N) is 1. The van der Waals surface area contributed by atoms with Gasteiger partial charge in [0.05, 0.1) is 0 Å². The van der Waals surface area contributed by atoms with E-state index in [9.17, 15) is 43.2 Å². The van der Waals surface area contributed by atoms with Crippen molar-refractivity contribution in [3.63, 3.8) is 0 Å². The average Bonchev–Trinajstić information content (AvgIpc) is 2.25. The van der Waals surface area contributed by atoms with Crippen LogP contribution < -0.4 is 0 Å². The third kappa shape index (κ3) is 3.67. The Hall–Kier alpha value is -0.560. The van der Waals surface area contributed by atoms with Gasteiger partial charge in [0, 0.05) is 5.54 Å². The first-order valence-corrected chi connectivity index (χ1v) is 8.80. The summed E-state index contributed by atoms with van der Waals surface area (Å²) in [7, 11) is -13.5. The van der Waals surface area contributed by atoms with Crippen LogP contribution in [0, 0.1) is 0 Å². The summed E-state index contributed by atoms with van der Waals surface area (Å²) in [5.41, 5.74) is -14.8. The largest absolute Gasteiger partial charge is 0.512 e. The van der Waals surface area contributed by atoms with E-state index in [1.807, 2.05) is 0 Å². The van der Waals surface area contributed by atoms with Gasteiger partial charge in [0.15, 0.2) is 0 Å². The highest BCUT2D eigenvalue weighted by atomic mass is 32.3. The fourth-order valence-corrected chi connectivity index (χ4v) is 5.35. The van der Waals surface area contributed by atoms with Gasteiger partial charge in [-0.25, -0.2) is 16.8 Å². The molecule has 134 valence electrons. The van der Waals surface area contributed by atoms with E-state index >= 15 is 0 Å². The molecule has 0 saturated carbocycles. The highest BCUT2D eigenvalue weighted by Crippen LogP contribution is 2.42. The van der Waals surface area contributed by atoms with Crippen molar-refractivity contribution in [1.82, 2.24) is 3.71 Å². The lowest BCUT2D eigenvalue weighted by molar-refractivity contribution is -0.0570. The van der Waals surface area contributed by atoms with E-state index < -0.39 is 53.2 Å². The third-order valence-corrected chi connectivity index (χ3v) is 7.11. The lowest BCUT2D eigenvalue weighted by Gasteiger charge is -2.38. The van der Waals surface area contributed by atoms with Gasteiger partial charge in [-0.2, -0.15) is 26.3 Å². The molecule has 0 amide bonds. The Morgan fingerprint density at radius 2 is 1.14 bits per heavy atom. The van der Waals surface area contributed by atoms with Crippen molar-refractivity contribution in [2.45, 2.75) is 56.6 Å². The fraction of sp³-hybridized carbons (Fsp3) is 1.00. The Morgan fingerprint density at radius 3 is 1.32 bits per heavy atom. The molecule has 0 aromatic heterocycles. The highest BCUT2D eigenvalue weighted by molar-refractivity contribution is 8.04. The van der Waals surface area contributed by atoms with Gasteiger partial charge in [-0.05, 0) is 19.8 Å². The second-order valence-electron chi connectivity index (χ2n) is 4.70. The molecule has 0 aromatic carbocycles. The number of halogens is 6. The van der Waals surface area contributed by atoms with Crippen LogP contribution >= 0.6 is 0 Å². The molecule has 0 rings (SSSR count). The van der Waals surface area contributed by atoms with Gasteiger partial charge in [0.25, 0.3) is 0 Å². The smallest absolute Gasteiger partial charge is 0.202 e. The Morgan fingerprint density at radius 1 is 0.818 bits per heavy atom. The lowest BCUT2D eigenvalue weighted by atomic mass is 9.95. The fourth-order valence-electron chi connectivity index (χ4n) is 1.83. The molecule has 0 aliphatic rings. The first-order chi connectivity index (χ1) is 9.49. The van der Waals surface area contributed by atoms with E-state index in [0.29, 0.717) is 0 Å². The molecule has 0 N–H and O–H groups in total. The van der Waals surface area contributed by atoms with Crippen molar-refractivity contribution in [2.75, 3.05) is 0 Å². The monoisotopic (exact) mass is 379 g/mol. The van der Waals surface area contributed by atoms with Crippen LogP contribution in [0.15, 0.2) is 0 Å². The van der Waals surface area contributed by atoms with Crippen molar-refractivity contribution in [3.8, 4) is 0 Å². The molecule has 13 heteroatoms. The quantitative estimate of drug-likeness (QED) is 0.666. The van der Waals surface area contributed by atoms with Crippen LogP contribution in [0.4, 0.5) is 26.3 Å². The maximum atomic E-state index is 12.6. The topological polar surface area (TPSA) is 71.5 Å². The summed E-state index contributed by atoms with van der Waals surface area (Å²) >= 11 is 0. The van der Waals surface area contributed by atoms with Crippen LogP contribution in [0.3, 0.4) is 0 Å². The van der Waals surface area contributed by atoms with Gasteiger partial charge in [-0.15, -0.1) is 0 Å². The number of alkyl halides is 6. The summed E-state index contributed by atoms with van der Waals surface area (Å²) < 4.78 is 120. The second kappa shape index (κ2) is 6.15. The molecule has 0 heterocycles. The molecule has 0 fully saturated rings. The van der Waals surface area contributed by atoms with Gasteiger partial charge < -0.3 is 0 Å². The molecule has 0 spiro atoms. The molecule has 0 aliphatic heterocycles. The van der Waals surface area contributed by atoms with Gasteiger partial charge >= 0.3 is 31.1 Å². The van der Waals surface area contributed by atoms with Crippen LogP contribution in [0.5, 0.6) is 0 Å². The minimum atomic E-state index is -6.75. The van der Waals surface area contributed by atoms with E-state index in [1.165, 1.54) is 6.92 Å². The van der Waals surface area contributed by atoms with Gasteiger partial charge in [-0.1, -0.05) is 24.0 Å². The van der Waals surface area contributed by atoms with Gasteiger partial charge in [-0.3, -0.25) is 0 Å². The zero-order valence-corrected chi connectivity index (χ0v) is 13.4. The highest BCUT2D eigenvalue weighted by Gasteiger charge is 2.65. The SMILES string of the molecule is CCCC(C)(CC)N(S(=O)(=O)C(F)(F)F)S(=O)(=O)C(F)(F)F. The predicted molar refractivity (Wildman–Crippen MR) is 65.4 cm³/mol. The van der Waals surface area contributed by atoms with Crippen LogP contribution in [0.25, 0.3) is 0 Å². The van der Waals surface area contributed by atoms with Crippen molar-refractivity contribution >= 4 is 20.0 Å². The Labute approximate surface area is 124 Å². The second-order valence-corrected chi connectivity index (χ2v) is 8.49. The van der Waals surface area contributed by atoms with E-state index in [-0.39, 0.29) is 6.42 Å². The zero-order chi connectivity index (χ0) is 18.2. The first-order valence-electron chi connectivity index (χ1n) is 5.92. The first kappa shape index (κ1) is 21.4. The van der Waals surface area contributed by atoms with Crippen molar-refractivity contribution in [3.05, 3.63) is 0 Å². The molecular formula is C9H15F6NO4S2. The van der Waals surface area contributed by atoms with Crippen LogP contribution in [-0.2, 0) is 20.0 Å². The number of sulfonamides is 2. The average molecular weight is 379 g/mol. The number of hydrogen-bond acceptors (Lipinski definition) is 4. The van der Waals surface area contributed by atoms with Crippen LogP contribution in [0.1, 0.15) is 40.0 Å². The predicted octanol–water partition coefficient (Wildman–Crippen LogP) is 2.96. The maximum absolute atomic E-state index is 12.6. The molecule has 1 atom stereocenters. The molecular weight excluding hydrogens is 364 g/mol. The van der Waals surface area contributed by atoms with Gasteiger partial charge in [0.1, 0.15) is 0 Å². The summed E-state index contributed by atoms with van der Waals surface area (Å²) in [4.78, 5) is 0. The zero-order valence-electron chi connectivity index (χ0n) is 11.8. The van der Waals surface area contributed by atoms with Crippen molar-refractivity contribution in [1.29, 1.82) is 0 Å². The van der Waals surface area contributed by atoms with Crippen molar-refractivity contribution < 1.29 is 43.2 Å². The Kier molecular flexibility index (Phi) is 5.99. The van der Waals surface area contributed by atoms with Crippen molar-refractivity contribution in [2.24, 2.45) is 0 Å². The minimum Gasteiger partial charge on any atom is -0.202 e. The normalized spacial score (nSPS) is 17.5. The van der Waals surface area contributed by atoms with Crippen LogP contribution in [-0.4, -0.2) is 37.1 Å². The molecule has 22 heavy (non-hydrogen) atoms. The lowest BCUT2D eigenvalue weighted by Crippen LogP contribution is -2.59. The van der Waals surface area contributed by atoms with Gasteiger partial charge in [0.2, 0.25) is 0 Å². The summed E-state index contributed by atoms with van der Waals surface area (Å²) in [6.07, 6.45) is -1.10. The molecule has 0 saturated heterocycles. The van der Waals surface area contributed by atoms with E-state index in [1.54, 1.807) is 0 Å². The third-order valence-electron chi connectivity index (χ3n) is 3.01.